The third-order valence-corrected chi connectivity index (χ3v) is 3.95. The summed E-state index contributed by atoms with van der Waals surface area (Å²) in [6.07, 6.45) is 6.55. The number of hydrogen-bond donors (Lipinski definition) is 1. The standard InChI is InChI=1S/C17H17N5O/c18-10-13-3-4-16(20-11-13)22-8-5-15(6-9-22)21-17(23)14-2-1-7-19-12-14/h1-4,7,11-12,15H,5-6,8-9H2,(H,21,23). The molecule has 1 aliphatic heterocycles. The van der Waals surface area contributed by atoms with Crippen molar-refractivity contribution in [2.45, 2.75) is 18.9 Å². The summed E-state index contributed by atoms with van der Waals surface area (Å²) in [5.41, 5.74) is 1.15. The lowest BCUT2D eigenvalue weighted by Crippen LogP contribution is -2.45. The summed E-state index contributed by atoms with van der Waals surface area (Å²) in [6, 6.07) is 9.40. The van der Waals surface area contributed by atoms with Crippen LogP contribution in [0.5, 0.6) is 0 Å². The topological polar surface area (TPSA) is 81.9 Å². The van der Waals surface area contributed by atoms with Crippen molar-refractivity contribution in [3.8, 4) is 6.07 Å². The van der Waals surface area contributed by atoms with Crippen LogP contribution in [-0.2, 0) is 0 Å². The molecule has 0 aliphatic carbocycles. The molecule has 2 aromatic heterocycles. The smallest absolute Gasteiger partial charge is 0.253 e. The largest absolute Gasteiger partial charge is 0.356 e. The molecule has 1 amide bonds. The Morgan fingerprint density at radius 2 is 2.09 bits per heavy atom. The number of anilines is 1. The summed E-state index contributed by atoms with van der Waals surface area (Å²) in [7, 11) is 0. The molecule has 0 bridgehead atoms. The van der Waals surface area contributed by atoms with Gasteiger partial charge in [0.1, 0.15) is 11.9 Å². The fraction of sp³-hybridized carbons (Fsp3) is 0.294. The van der Waals surface area contributed by atoms with Crippen molar-refractivity contribution in [1.82, 2.24) is 15.3 Å². The van der Waals surface area contributed by atoms with E-state index in [1.807, 2.05) is 6.07 Å². The highest BCUT2D eigenvalue weighted by molar-refractivity contribution is 5.94. The normalized spacial score (nSPS) is 15.0. The monoisotopic (exact) mass is 307 g/mol. The predicted molar refractivity (Wildman–Crippen MR) is 85.9 cm³/mol. The van der Waals surface area contributed by atoms with Gasteiger partial charge < -0.3 is 10.2 Å². The van der Waals surface area contributed by atoms with E-state index >= 15 is 0 Å². The van der Waals surface area contributed by atoms with Gasteiger partial charge in [-0.15, -0.1) is 0 Å². The Morgan fingerprint density at radius 3 is 2.70 bits per heavy atom. The second kappa shape index (κ2) is 6.88. The van der Waals surface area contributed by atoms with E-state index in [-0.39, 0.29) is 11.9 Å². The summed E-state index contributed by atoms with van der Waals surface area (Å²) in [5, 5.41) is 11.9. The maximum absolute atomic E-state index is 12.1. The average molecular weight is 307 g/mol. The number of nitrogens with one attached hydrogen (secondary N) is 1. The van der Waals surface area contributed by atoms with Crippen molar-refractivity contribution < 1.29 is 4.79 Å². The molecule has 0 aromatic carbocycles. The second-order valence-corrected chi connectivity index (χ2v) is 5.49. The SMILES string of the molecule is N#Cc1ccc(N2CCC(NC(=O)c3cccnc3)CC2)nc1. The van der Waals surface area contributed by atoms with Gasteiger partial charge in [-0.1, -0.05) is 0 Å². The first kappa shape index (κ1) is 15.0. The van der Waals surface area contributed by atoms with Crippen LogP contribution < -0.4 is 10.2 Å². The van der Waals surface area contributed by atoms with E-state index in [1.54, 1.807) is 36.8 Å². The van der Waals surface area contributed by atoms with Gasteiger partial charge in [0.2, 0.25) is 0 Å². The molecule has 23 heavy (non-hydrogen) atoms. The molecule has 116 valence electrons. The van der Waals surface area contributed by atoms with Crippen LogP contribution in [0.1, 0.15) is 28.8 Å². The number of amides is 1. The number of carbonyl (C=O) groups excluding carboxylic acids is 1. The number of carbonyl (C=O) groups is 1. The molecular weight excluding hydrogens is 290 g/mol. The van der Waals surface area contributed by atoms with Gasteiger partial charge in [0.05, 0.1) is 11.1 Å². The lowest BCUT2D eigenvalue weighted by atomic mass is 10.0. The van der Waals surface area contributed by atoms with Crippen molar-refractivity contribution in [1.29, 1.82) is 5.26 Å². The number of hydrogen-bond acceptors (Lipinski definition) is 5. The Labute approximate surface area is 134 Å². The summed E-state index contributed by atoms with van der Waals surface area (Å²) < 4.78 is 0. The average Bonchev–Trinajstić information content (AvgIpc) is 2.63. The molecule has 1 saturated heterocycles. The minimum atomic E-state index is -0.0759. The highest BCUT2D eigenvalue weighted by atomic mass is 16.1. The van der Waals surface area contributed by atoms with Gasteiger partial charge >= 0.3 is 0 Å². The lowest BCUT2D eigenvalue weighted by Gasteiger charge is -2.33. The molecule has 3 heterocycles. The minimum absolute atomic E-state index is 0.0759. The zero-order valence-corrected chi connectivity index (χ0v) is 12.6. The molecule has 1 N–H and O–H groups in total. The van der Waals surface area contributed by atoms with E-state index in [0.717, 1.165) is 31.7 Å². The van der Waals surface area contributed by atoms with Crippen LogP contribution in [0.3, 0.4) is 0 Å². The predicted octanol–water partition coefficient (Wildman–Crippen LogP) is 1.75. The van der Waals surface area contributed by atoms with Gasteiger partial charge in [0, 0.05) is 37.7 Å². The number of nitrogens with zero attached hydrogens (tertiary/aromatic N) is 4. The number of piperidine rings is 1. The highest BCUT2D eigenvalue weighted by Crippen LogP contribution is 2.18. The zero-order chi connectivity index (χ0) is 16.1. The molecule has 0 saturated carbocycles. The summed E-state index contributed by atoms with van der Waals surface area (Å²) in [6.45, 7) is 1.66. The van der Waals surface area contributed by atoms with Crippen LogP contribution in [0.4, 0.5) is 5.82 Å². The third kappa shape index (κ3) is 3.64. The lowest BCUT2D eigenvalue weighted by molar-refractivity contribution is 0.0930. The van der Waals surface area contributed by atoms with Crippen molar-refractivity contribution >= 4 is 11.7 Å². The van der Waals surface area contributed by atoms with Gasteiger partial charge in [-0.25, -0.2) is 4.98 Å². The summed E-state index contributed by atoms with van der Waals surface area (Å²) in [5.74, 6) is 0.800. The van der Waals surface area contributed by atoms with Gasteiger partial charge in [0.15, 0.2) is 0 Å². The molecule has 6 heteroatoms. The van der Waals surface area contributed by atoms with Crippen LogP contribution in [0.15, 0.2) is 42.9 Å². The maximum atomic E-state index is 12.1. The molecule has 0 radical (unpaired) electrons. The number of pyridine rings is 2. The molecule has 1 fully saturated rings. The Kier molecular flexibility index (Phi) is 4.48. The minimum Gasteiger partial charge on any atom is -0.356 e. The molecule has 3 rings (SSSR count). The Bertz CT molecular complexity index is 700. The Balaban J connectivity index is 1.54. The van der Waals surface area contributed by atoms with Crippen LogP contribution >= 0.6 is 0 Å². The number of aromatic nitrogens is 2. The molecule has 6 nitrogen and oxygen atoms in total. The van der Waals surface area contributed by atoms with E-state index in [4.69, 9.17) is 5.26 Å². The first-order valence-corrected chi connectivity index (χ1v) is 7.58. The Hall–Kier alpha value is -2.94. The van der Waals surface area contributed by atoms with E-state index in [1.165, 1.54) is 0 Å². The molecule has 0 unspecified atom stereocenters. The van der Waals surface area contributed by atoms with Gasteiger partial charge in [0.25, 0.3) is 5.91 Å². The second-order valence-electron chi connectivity index (χ2n) is 5.49. The van der Waals surface area contributed by atoms with E-state index in [2.05, 4.69) is 26.3 Å². The third-order valence-electron chi connectivity index (χ3n) is 3.95. The highest BCUT2D eigenvalue weighted by Gasteiger charge is 2.21. The Morgan fingerprint density at radius 1 is 1.26 bits per heavy atom. The summed E-state index contributed by atoms with van der Waals surface area (Å²) in [4.78, 5) is 22.6. The van der Waals surface area contributed by atoms with Crippen molar-refractivity contribution in [3.63, 3.8) is 0 Å². The molecule has 1 aliphatic rings. The number of rotatable bonds is 3. The van der Waals surface area contributed by atoms with Crippen LogP contribution in [0, 0.1) is 11.3 Å². The molecule has 0 spiro atoms. The number of nitriles is 1. The fourth-order valence-electron chi connectivity index (χ4n) is 2.66. The maximum Gasteiger partial charge on any atom is 0.253 e. The molecule has 2 aromatic rings. The van der Waals surface area contributed by atoms with Crippen LogP contribution in [0.25, 0.3) is 0 Å². The van der Waals surface area contributed by atoms with E-state index in [0.29, 0.717) is 11.1 Å². The van der Waals surface area contributed by atoms with Crippen molar-refractivity contribution in [2.75, 3.05) is 18.0 Å². The molecule has 0 atom stereocenters. The van der Waals surface area contributed by atoms with Gasteiger partial charge in [-0.2, -0.15) is 5.26 Å². The van der Waals surface area contributed by atoms with Crippen LogP contribution in [-0.4, -0.2) is 35.0 Å². The van der Waals surface area contributed by atoms with Crippen molar-refractivity contribution in [3.05, 3.63) is 54.0 Å². The summed E-state index contributed by atoms with van der Waals surface area (Å²) >= 11 is 0. The molecular formula is C17H17N5O. The zero-order valence-electron chi connectivity index (χ0n) is 12.6. The van der Waals surface area contributed by atoms with E-state index < -0.39 is 0 Å². The van der Waals surface area contributed by atoms with Crippen LogP contribution in [0.2, 0.25) is 0 Å². The first-order chi connectivity index (χ1) is 11.3. The van der Waals surface area contributed by atoms with E-state index in [9.17, 15) is 4.79 Å². The quantitative estimate of drug-likeness (QED) is 0.934. The van der Waals surface area contributed by atoms with Gasteiger partial charge in [-0.05, 0) is 37.1 Å². The van der Waals surface area contributed by atoms with Crippen molar-refractivity contribution in [2.24, 2.45) is 0 Å². The van der Waals surface area contributed by atoms with Gasteiger partial charge in [-0.3, -0.25) is 9.78 Å². The first-order valence-electron chi connectivity index (χ1n) is 7.58. The fourth-order valence-corrected chi connectivity index (χ4v) is 2.66.